The number of hydrogen-bond acceptors (Lipinski definition) is 2. The highest BCUT2D eigenvalue weighted by Crippen LogP contribution is 2.24. The third-order valence-electron chi connectivity index (χ3n) is 4.41. The number of carbonyl (C=O) groups is 2. The Morgan fingerprint density at radius 2 is 1.83 bits per heavy atom. The fourth-order valence-electron chi connectivity index (χ4n) is 3.05. The summed E-state index contributed by atoms with van der Waals surface area (Å²) in [5.41, 5.74) is 1.59. The number of carboxylic acids is 1. The first-order valence-electron chi connectivity index (χ1n) is 8.24. The molecule has 0 heterocycles. The number of Topliss-reactive ketones (excluding diaryl/α,β-unsaturated/α-hetero) is 1. The van der Waals surface area contributed by atoms with E-state index < -0.39 is 11.9 Å². The highest BCUT2D eigenvalue weighted by molar-refractivity contribution is 6.01. The summed E-state index contributed by atoms with van der Waals surface area (Å²) in [6, 6.07) is 13.4. The summed E-state index contributed by atoms with van der Waals surface area (Å²) in [7, 11) is 0. The number of carbonyl (C=O) groups excluding carboxylic acids is 1. The molecule has 2 aromatic rings. The van der Waals surface area contributed by atoms with Gasteiger partial charge in [-0.15, -0.1) is 0 Å². The quantitative estimate of drug-likeness (QED) is 0.779. The van der Waals surface area contributed by atoms with E-state index in [-0.39, 0.29) is 12.2 Å². The molecule has 0 aromatic heterocycles. The summed E-state index contributed by atoms with van der Waals surface area (Å²) in [6.07, 6.45) is 8.47. The van der Waals surface area contributed by atoms with E-state index in [1.165, 1.54) is 0 Å². The van der Waals surface area contributed by atoms with Gasteiger partial charge in [-0.25, -0.2) is 0 Å². The number of allylic oxidation sites excluding steroid dienone is 4. The normalized spacial score (nSPS) is 15.1. The van der Waals surface area contributed by atoms with Crippen LogP contribution < -0.4 is 0 Å². The van der Waals surface area contributed by atoms with Crippen molar-refractivity contribution < 1.29 is 14.7 Å². The Hall–Kier alpha value is -2.68. The van der Waals surface area contributed by atoms with Crippen LogP contribution in [0, 0.1) is 5.92 Å². The molecule has 0 fully saturated rings. The Balaban J connectivity index is 1.75. The van der Waals surface area contributed by atoms with Gasteiger partial charge in [0.1, 0.15) is 0 Å². The van der Waals surface area contributed by atoms with Crippen LogP contribution in [0.2, 0.25) is 0 Å². The van der Waals surface area contributed by atoms with Gasteiger partial charge in [-0.3, -0.25) is 9.59 Å². The molecule has 1 N–H and O–H groups in total. The maximum absolute atomic E-state index is 12.5. The second-order valence-corrected chi connectivity index (χ2v) is 6.19. The van der Waals surface area contributed by atoms with Gasteiger partial charge in [0.05, 0.1) is 5.92 Å². The zero-order valence-corrected chi connectivity index (χ0v) is 13.4. The number of rotatable bonds is 6. The Bertz CT molecular complexity index is 830. The van der Waals surface area contributed by atoms with Crippen molar-refractivity contribution in [2.45, 2.75) is 25.7 Å². The molecule has 1 atom stereocenters. The number of carboxylic acid groups (broad SMARTS) is 1. The van der Waals surface area contributed by atoms with Gasteiger partial charge in [-0.05, 0) is 36.1 Å². The van der Waals surface area contributed by atoms with Gasteiger partial charge in [-0.1, -0.05) is 60.2 Å². The van der Waals surface area contributed by atoms with Crippen molar-refractivity contribution in [1.82, 2.24) is 0 Å². The van der Waals surface area contributed by atoms with E-state index in [2.05, 4.69) is 12.2 Å². The second kappa shape index (κ2) is 7.26. The number of hydrogen-bond donors (Lipinski definition) is 1. The average molecular weight is 320 g/mol. The molecule has 2 aromatic carbocycles. The lowest BCUT2D eigenvalue weighted by Gasteiger charge is -2.14. The summed E-state index contributed by atoms with van der Waals surface area (Å²) < 4.78 is 0. The Morgan fingerprint density at radius 1 is 1.04 bits per heavy atom. The van der Waals surface area contributed by atoms with E-state index in [9.17, 15) is 14.7 Å². The van der Waals surface area contributed by atoms with E-state index in [1.54, 1.807) is 6.07 Å². The molecule has 1 aliphatic rings. The molecule has 3 nitrogen and oxygen atoms in total. The fraction of sp³-hybridized carbons (Fsp3) is 0.238. The molecular formula is C21H20O3. The molecule has 3 heteroatoms. The average Bonchev–Trinajstić information content (AvgIpc) is 2.61. The van der Waals surface area contributed by atoms with Gasteiger partial charge < -0.3 is 5.11 Å². The van der Waals surface area contributed by atoms with Crippen LogP contribution in [-0.4, -0.2) is 16.9 Å². The van der Waals surface area contributed by atoms with Crippen LogP contribution >= 0.6 is 0 Å². The van der Waals surface area contributed by atoms with E-state index in [4.69, 9.17) is 0 Å². The van der Waals surface area contributed by atoms with Crippen molar-refractivity contribution in [1.29, 1.82) is 0 Å². The monoisotopic (exact) mass is 320 g/mol. The Kier molecular flexibility index (Phi) is 4.90. The number of fused-ring (bicyclic) bond motifs is 1. The van der Waals surface area contributed by atoms with Crippen LogP contribution in [0.1, 0.15) is 36.0 Å². The smallest absolute Gasteiger partial charge is 0.307 e. The number of ketones is 1. The Labute approximate surface area is 141 Å². The summed E-state index contributed by atoms with van der Waals surface area (Å²) in [5, 5.41) is 11.5. The standard InChI is InChI=1S/C21H20O3/c22-20(18-11-10-16-8-4-5-9-17(16)13-18)14-19(21(23)24)12-15-6-2-1-3-7-15/h2,4-11,13,19H,1,3,12,14H2,(H,23,24). The fourth-order valence-corrected chi connectivity index (χ4v) is 3.05. The van der Waals surface area contributed by atoms with E-state index in [0.29, 0.717) is 12.0 Å². The van der Waals surface area contributed by atoms with Crippen molar-refractivity contribution >= 4 is 22.5 Å². The van der Waals surface area contributed by atoms with Gasteiger partial charge in [0.25, 0.3) is 0 Å². The highest BCUT2D eigenvalue weighted by atomic mass is 16.4. The maximum Gasteiger partial charge on any atom is 0.307 e. The molecule has 0 saturated carbocycles. The first-order valence-corrected chi connectivity index (χ1v) is 8.24. The third kappa shape index (κ3) is 3.80. The van der Waals surface area contributed by atoms with Crippen LogP contribution in [0.3, 0.4) is 0 Å². The molecule has 122 valence electrons. The zero-order chi connectivity index (χ0) is 16.9. The second-order valence-electron chi connectivity index (χ2n) is 6.19. The molecule has 0 aliphatic heterocycles. The lowest BCUT2D eigenvalue weighted by atomic mass is 9.90. The summed E-state index contributed by atoms with van der Waals surface area (Å²) in [5.74, 6) is -1.71. The van der Waals surface area contributed by atoms with E-state index in [1.807, 2.05) is 42.5 Å². The first-order chi connectivity index (χ1) is 11.6. The predicted molar refractivity (Wildman–Crippen MR) is 95.1 cm³/mol. The molecule has 0 amide bonds. The lowest BCUT2D eigenvalue weighted by molar-refractivity contribution is -0.141. The van der Waals surface area contributed by atoms with Crippen LogP contribution in [-0.2, 0) is 4.79 Å². The van der Waals surface area contributed by atoms with Crippen molar-refractivity contribution in [2.24, 2.45) is 5.92 Å². The highest BCUT2D eigenvalue weighted by Gasteiger charge is 2.23. The van der Waals surface area contributed by atoms with Gasteiger partial charge in [0.15, 0.2) is 5.78 Å². The van der Waals surface area contributed by atoms with Crippen molar-refractivity contribution in [3.63, 3.8) is 0 Å². The van der Waals surface area contributed by atoms with Gasteiger partial charge in [0, 0.05) is 12.0 Å². The summed E-state index contributed by atoms with van der Waals surface area (Å²) in [6.45, 7) is 0. The lowest BCUT2D eigenvalue weighted by Crippen LogP contribution is -2.19. The van der Waals surface area contributed by atoms with Crippen LogP contribution in [0.15, 0.2) is 66.3 Å². The van der Waals surface area contributed by atoms with Gasteiger partial charge >= 0.3 is 5.97 Å². The predicted octanol–water partition coefficient (Wildman–Crippen LogP) is 4.78. The minimum Gasteiger partial charge on any atom is -0.481 e. The van der Waals surface area contributed by atoms with Crippen molar-refractivity contribution in [3.05, 3.63) is 71.8 Å². The molecule has 1 unspecified atom stereocenters. The van der Waals surface area contributed by atoms with E-state index in [0.717, 1.165) is 29.2 Å². The first kappa shape index (κ1) is 16.2. The van der Waals surface area contributed by atoms with Crippen LogP contribution in [0.25, 0.3) is 10.8 Å². The maximum atomic E-state index is 12.5. The van der Waals surface area contributed by atoms with E-state index >= 15 is 0 Å². The topological polar surface area (TPSA) is 54.4 Å². The molecule has 0 saturated heterocycles. The number of aliphatic carboxylic acids is 1. The number of benzene rings is 2. The van der Waals surface area contributed by atoms with Gasteiger partial charge in [-0.2, -0.15) is 0 Å². The molecule has 24 heavy (non-hydrogen) atoms. The largest absolute Gasteiger partial charge is 0.481 e. The van der Waals surface area contributed by atoms with Crippen molar-refractivity contribution in [3.8, 4) is 0 Å². The van der Waals surface area contributed by atoms with Crippen molar-refractivity contribution in [2.75, 3.05) is 0 Å². The zero-order valence-electron chi connectivity index (χ0n) is 13.4. The van der Waals surface area contributed by atoms with Crippen LogP contribution in [0.4, 0.5) is 0 Å². The minimum atomic E-state index is -0.913. The molecule has 1 aliphatic carbocycles. The molecule has 0 spiro atoms. The summed E-state index contributed by atoms with van der Waals surface area (Å²) in [4.78, 5) is 24.1. The van der Waals surface area contributed by atoms with Crippen LogP contribution in [0.5, 0.6) is 0 Å². The molecule has 0 bridgehead atoms. The molecule has 3 rings (SSSR count). The SMILES string of the molecule is O=C(CC(CC1=CCCC=C1)C(=O)O)c1ccc2ccccc2c1. The molecular weight excluding hydrogens is 300 g/mol. The van der Waals surface area contributed by atoms with Gasteiger partial charge in [0.2, 0.25) is 0 Å². The summed E-state index contributed by atoms with van der Waals surface area (Å²) >= 11 is 0. The minimum absolute atomic E-state index is 0.0266. The third-order valence-corrected chi connectivity index (χ3v) is 4.41. The molecule has 0 radical (unpaired) electrons. The Morgan fingerprint density at radius 3 is 2.54 bits per heavy atom.